The summed E-state index contributed by atoms with van der Waals surface area (Å²) in [7, 11) is 0. The molecule has 0 aliphatic rings. The number of anilines is 1. The summed E-state index contributed by atoms with van der Waals surface area (Å²) < 4.78 is 5.10. The van der Waals surface area contributed by atoms with Crippen LogP contribution in [0.4, 0.5) is 5.88 Å². The van der Waals surface area contributed by atoms with Crippen molar-refractivity contribution in [3.63, 3.8) is 0 Å². The molecule has 0 bridgehead atoms. The summed E-state index contributed by atoms with van der Waals surface area (Å²) in [5.74, 6) is 0.224. The first kappa shape index (κ1) is 13.0. The number of nitrogens with two attached hydrogens (primary N) is 1. The molecule has 2 heterocycles. The molecule has 0 saturated carbocycles. The Morgan fingerprint density at radius 3 is 2.55 bits per heavy atom. The van der Waals surface area contributed by atoms with Crippen molar-refractivity contribution in [3.05, 3.63) is 52.8 Å². The third-order valence-corrected chi connectivity index (χ3v) is 3.71. The summed E-state index contributed by atoms with van der Waals surface area (Å²) in [6.07, 6.45) is 3.34. The number of rotatable bonds is 2. The molecule has 0 radical (unpaired) electrons. The second kappa shape index (κ2) is 5.15. The fourth-order valence-corrected chi connectivity index (χ4v) is 2.36. The predicted octanol–water partition coefficient (Wildman–Crippen LogP) is 4.29. The molecule has 2 aromatic heterocycles. The third kappa shape index (κ3) is 2.13. The molecular formula is C14H9Cl2N3O. The van der Waals surface area contributed by atoms with Gasteiger partial charge in [0.05, 0.1) is 15.6 Å². The van der Waals surface area contributed by atoms with Crippen LogP contribution in [-0.4, -0.2) is 10.1 Å². The predicted molar refractivity (Wildman–Crippen MR) is 79.6 cm³/mol. The zero-order valence-electron chi connectivity index (χ0n) is 10.2. The zero-order chi connectivity index (χ0) is 14.1. The molecule has 6 heteroatoms. The summed E-state index contributed by atoms with van der Waals surface area (Å²) in [5, 5.41) is 4.87. The highest BCUT2D eigenvalue weighted by molar-refractivity contribution is 6.43. The topological polar surface area (TPSA) is 64.9 Å². The number of hydrogen-bond acceptors (Lipinski definition) is 4. The summed E-state index contributed by atoms with van der Waals surface area (Å²) in [4.78, 5) is 3.98. The minimum absolute atomic E-state index is 0.224. The van der Waals surface area contributed by atoms with Crippen molar-refractivity contribution >= 4 is 29.1 Å². The highest BCUT2D eigenvalue weighted by Gasteiger charge is 2.20. The Balaban J connectivity index is 2.24. The van der Waals surface area contributed by atoms with Gasteiger partial charge in [0.1, 0.15) is 5.69 Å². The van der Waals surface area contributed by atoms with Crippen LogP contribution < -0.4 is 5.73 Å². The van der Waals surface area contributed by atoms with Crippen molar-refractivity contribution in [3.8, 4) is 22.4 Å². The lowest BCUT2D eigenvalue weighted by atomic mass is 10.0. The van der Waals surface area contributed by atoms with Gasteiger partial charge in [0.25, 0.3) is 0 Å². The van der Waals surface area contributed by atoms with E-state index in [1.54, 1.807) is 24.5 Å². The molecule has 3 aromatic rings. The number of aromatic nitrogens is 2. The largest absolute Gasteiger partial charge is 0.367 e. The standard InChI is InChI=1S/C14H9Cl2N3O/c15-10-3-1-2-9(12(10)16)13-11(14(17)20-19-13)8-4-6-18-7-5-8/h1-7H,17H2. The molecule has 0 unspecified atom stereocenters. The number of hydrogen-bond donors (Lipinski definition) is 1. The van der Waals surface area contributed by atoms with E-state index in [-0.39, 0.29) is 5.88 Å². The van der Waals surface area contributed by atoms with E-state index in [9.17, 15) is 0 Å². The average molecular weight is 306 g/mol. The Morgan fingerprint density at radius 2 is 1.80 bits per heavy atom. The van der Waals surface area contributed by atoms with Gasteiger partial charge in [-0.15, -0.1) is 0 Å². The van der Waals surface area contributed by atoms with E-state index in [0.717, 1.165) is 5.56 Å². The summed E-state index contributed by atoms with van der Waals surface area (Å²) in [6, 6.07) is 8.97. The Bertz CT molecular complexity index is 756. The maximum Gasteiger partial charge on any atom is 0.230 e. The summed E-state index contributed by atoms with van der Waals surface area (Å²) >= 11 is 12.3. The second-order valence-electron chi connectivity index (χ2n) is 4.11. The van der Waals surface area contributed by atoms with E-state index in [0.29, 0.717) is 26.9 Å². The van der Waals surface area contributed by atoms with E-state index < -0.39 is 0 Å². The van der Waals surface area contributed by atoms with Crippen LogP contribution in [0.5, 0.6) is 0 Å². The van der Waals surface area contributed by atoms with Gasteiger partial charge in [-0.2, -0.15) is 0 Å². The van der Waals surface area contributed by atoms with Crippen molar-refractivity contribution in [1.82, 2.24) is 10.1 Å². The van der Waals surface area contributed by atoms with Gasteiger partial charge in [-0.3, -0.25) is 4.98 Å². The molecule has 0 spiro atoms. The maximum absolute atomic E-state index is 6.23. The number of halogens is 2. The van der Waals surface area contributed by atoms with E-state index in [4.69, 9.17) is 33.5 Å². The third-order valence-electron chi connectivity index (χ3n) is 2.89. The minimum atomic E-state index is 0.224. The van der Waals surface area contributed by atoms with Crippen LogP contribution in [0.1, 0.15) is 0 Å². The van der Waals surface area contributed by atoms with E-state index >= 15 is 0 Å². The highest BCUT2D eigenvalue weighted by atomic mass is 35.5. The van der Waals surface area contributed by atoms with Crippen LogP contribution in [0, 0.1) is 0 Å². The van der Waals surface area contributed by atoms with Crippen LogP contribution in [-0.2, 0) is 0 Å². The number of nitrogen functional groups attached to an aromatic ring is 1. The lowest BCUT2D eigenvalue weighted by Gasteiger charge is -2.05. The Hall–Kier alpha value is -2.04. The van der Waals surface area contributed by atoms with Gasteiger partial charge in [-0.25, -0.2) is 0 Å². The van der Waals surface area contributed by atoms with E-state index in [1.165, 1.54) is 0 Å². The molecule has 1 aromatic carbocycles. The van der Waals surface area contributed by atoms with Gasteiger partial charge in [0.2, 0.25) is 5.88 Å². The molecule has 0 aliphatic carbocycles. The number of pyridine rings is 1. The first-order chi connectivity index (χ1) is 9.68. The van der Waals surface area contributed by atoms with Crippen molar-refractivity contribution in [2.45, 2.75) is 0 Å². The van der Waals surface area contributed by atoms with Gasteiger partial charge in [0, 0.05) is 18.0 Å². The summed E-state index contributed by atoms with van der Waals surface area (Å²) in [5.41, 5.74) is 8.63. The SMILES string of the molecule is Nc1onc(-c2cccc(Cl)c2Cl)c1-c1ccncc1. The monoisotopic (exact) mass is 305 g/mol. The molecule has 3 rings (SSSR count). The van der Waals surface area contributed by atoms with Crippen LogP contribution in [0.2, 0.25) is 10.0 Å². The molecule has 0 amide bonds. The fraction of sp³-hybridized carbons (Fsp3) is 0. The Labute approximate surface area is 125 Å². The van der Waals surface area contributed by atoms with Crippen molar-refractivity contribution in [1.29, 1.82) is 0 Å². The van der Waals surface area contributed by atoms with Crippen molar-refractivity contribution in [2.75, 3.05) is 5.73 Å². The number of benzene rings is 1. The zero-order valence-corrected chi connectivity index (χ0v) is 11.7. The molecule has 4 nitrogen and oxygen atoms in total. The Kier molecular flexibility index (Phi) is 3.34. The molecule has 100 valence electrons. The molecule has 2 N–H and O–H groups in total. The minimum Gasteiger partial charge on any atom is -0.367 e. The molecule has 0 atom stereocenters. The van der Waals surface area contributed by atoms with Gasteiger partial charge >= 0.3 is 0 Å². The smallest absolute Gasteiger partial charge is 0.230 e. The van der Waals surface area contributed by atoms with Crippen molar-refractivity contribution in [2.24, 2.45) is 0 Å². The van der Waals surface area contributed by atoms with Gasteiger partial charge in [-0.1, -0.05) is 40.5 Å². The van der Waals surface area contributed by atoms with Crippen LogP contribution in [0.15, 0.2) is 47.2 Å². The molecule has 0 aliphatic heterocycles. The maximum atomic E-state index is 6.23. The van der Waals surface area contributed by atoms with E-state index in [1.807, 2.05) is 18.2 Å². The second-order valence-corrected chi connectivity index (χ2v) is 4.89. The van der Waals surface area contributed by atoms with Gasteiger partial charge in [-0.05, 0) is 23.8 Å². The molecule has 20 heavy (non-hydrogen) atoms. The quantitative estimate of drug-likeness (QED) is 0.767. The van der Waals surface area contributed by atoms with Crippen molar-refractivity contribution < 1.29 is 4.52 Å². The van der Waals surface area contributed by atoms with Gasteiger partial charge in [0.15, 0.2) is 0 Å². The summed E-state index contributed by atoms with van der Waals surface area (Å²) in [6.45, 7) is 0. The Morgan fingerprint density at radius 1 is 1.05 bits per heavy atom. The fourth-order valence-electron chi connectivity index (χ4n) is 1.97. The molecule has 0 fully saturated rings. The lowest BCUT2D eigenvalue weighted by Crippen LogP contribution is -1.89. The molecular weight excluding hydrogens is 297 g/mol. The highest BCUT2D eigenvalue weighted by Crippen LogP contribution is 2.40. The normalized spacial score (nSPS) is 10.7. The van der Waals surface area contributed by atoms with E-state index in [2.05, 4.69) is 10.1 Å². The number of nitrogens with zero attached hydrogens (tertiary/aromatic N) is 2. The van der Waals surface area contributed by atoms with Gasteiger partial charge < -0.3 is 10.3 Å². The van der Waals surface area contributed by atoms with Crippen LogP contribution in [0.25, 0.3) is 22.4 Å². The van der Waals surface area contributed by atoms with Crippen LogP contribution >= 0.6 is 23.2 Å². The first-order valence-corrected chi connectivity index (χ1v) is 6.54. The first-order valence-electron chi connectivity index (χ1n) is 5.78. The lowest BCUT2D eigenvalue weighted by molar-refractivity contribution is 0.439. The van der Waals surface area contributed by atoms with Crippen LogP contribution in [0.3, 0.4) is 0 Å². The average Bonchev–Trinajstić information content (AvgIpc) is 2.84. The molecule has 0 saturated heterocycles.